The first kappa shape index (κ1) is 13.8. The Kier molecular flexibility index (Phi) is 3.75. The third-order valence-corrected chi connectivity index (χ3v) is 3.70. The van der Waals surface area contributed by atoms with Crippen LogP contribution in [0, 0.1) is 5.92 Å². The molecular formula is C16H17NO4. The maximum atomic E-state index is 11.9. The van der Waals surface area contributed by atoms with Crippen LogP contribution in [0.3, 0.4) is 0 Å². The van der Waals surface area contributed by atoms with Crippen LogP contribution in [0.1, 0.15) is 13.3 Å². The topological polar surface area (TPSA) is 55.8 Å². The highest BCUT2D eigenvalue weighted by atomic mass is 16.5. The summed E-state index contributed by atoms with van der Waals surface area (Å²) in [6.07, 6.45) is 2.33. The standard InChI is InChI=1S/C16H17NO4/c1-11-8-15(18)17(16(11)19)13-2-4-14(5-3-13)21-7-6-12-9-20-10-12/h2-5,8,12H,6-7,9-10H2,1H3. The van der Waals surface area contributed by atoms with E-state index in [1.54, 1.807) is 31.2 Å². The van der Waals surface area contributed by atoms with Crippen molar-refractivity contribution in [3.05, 3.63) is 35.9 Å². The lowest BCUT2D eigenvalue weighted by Crippen LogP contribution is -2.30. The van der Waals surface area contributed by atoms with E-state index in [9.17, 15) is 9.59 Å². The van der Waals surface area contributed by atoms with Crippen molar-refractivity contribution in [1.82, 2.24) is 0 Å². The monoisotopic (exact) mass is 287 g/mol. The molecule has 110 valence electrons. The molecule has 2 amide bonds. The Morgan fingerprint density at radius 3 is 2.48 bits per heavy atom. The minimum Gasteiger partial charge on any atom is -0.494 e. The predicted molar refractivity (Wildman–Crippen MR) is 77.1 cm³/mol. The molecule has 1 saturated heterocycles. The van der Waals surface area contributed by atoms with Crippen LogP contribution in [0.15, 0.2) is 35.9 Å². The molecule has 0 aromatic heterocycles. The maximum Gasteiger partial charge on any atom is 0.261 e. The van der Waals surface area contributed by atoms with E-state index in [0.29, 0.717) is 23.8 Å². The average molecular weight is 287 g/mol. The molecule has 1 fully saturated rings. The number of anilines is 1. The molecule has 0 N–H and O–H groups in total. The summed E-state index contributed by atoms with van der Waals surface area (Å²) < 4.78 is 10.8. The van der Waals surface area contributed by atoms with E-state index in [4.69, 9.17) is 9.47 Å². The normalized spacial score (nSPS) is 18.7. The smallest absolute Gasteiger partial charge is 0.261 e. The van der Waals surface area contributed by atoms with Crippen LogP contribution in [0.4, 0.5) is 5.69 Å². The fraction of sp³-hybridized carbons (Fsp3) is 0.375. The molecule has 1 aromatic rings. The second kappa shape index (κ2) is 5.69. The van der Waals surface area contributed by atoms with Crippen molar-refractivity contribution >= 4 is 17.5 Å². The van der Waals surface area contributed by atoms with Crippen molar-refractivity contribution in [2.75, 3.05) is 24.7 Å². The lowest BCUT2D eigenvalue weighted by atomic mass is 10.1. The molecule has 1 aromatic carbocycles. The molecule has 0 spiro atoms. The second-order valence-corrected chi connectivity index (χ2v) is 5.34. The Hall–Kier alpha value is -2.14. The van der Waals surface area contributed by atoms with Crippen LogP contribution in [0.2, 0.25) is 0 Å². The molecule has 5 heteroatoms. The van der Waals surface area contributed by atoms with Gasteiger partial charge < -0.3 is 9.47 Å². The van der Waals surface area contributed by atoms with Crippen molar-refractivity contribution in [1.29, 1.82) is 0 Å². The molecule has 0 atom stereocenters. The van der Waals surface area contributed by atoms with Gasteiger partial charge in [-0.25, -0.2) is 4.90 Å². The summed E-state index contributed by atoms with van der Waals surface area (Å²) in [5.41, 5.74) is 1.03. The molecule has 2 heterocycles. The number of nitrogens with zero attached hydrogens (tertiary/aromatic N) is 1. The third-order valence-electron chi connectivity index (χ3n) is 3.70. The molecule has 5 nitrogen and oxygen atoms in total. The fourth-order valence-electron chi connectivity index (χ4n) is 2.32. The molecule has 3 rings (SSSR count). The molecule has 0 aliphatic carbocycles. The number of imide groups is 1. The largest absolute Gasteiger partial charge is 0.494 e. The van der Waals surface area contributed by atoms with E-state index >= 15 is 0 Å². The first-order valence-corrected chi connectivity index (χ1v) is 7.02. The Balaban J connectivity index is 1.59. The van der Waals surface area contributed by atoms with E-state index < -0.39 is 0 Å². The Bertz CT molecular complexity index is 587. The van der Waals surface area contributed by atoms with Crippen molar-refractivity contribution in [2.45, 2.75) is 13.3 Å². The first-order chi connectivity index (χ1) is 10.1. The van der Waals surface area contributed by atoms with Gasteiger partial charge >= 0.3 is 0 Å². The molecule has 0 saturated carbocycles. The molecule has 21 heavy (non-hydrogen) atoms. The van der Waals surface area contributed by atoms with E-state index in [1.807, 2.05) is 0 Å². The van der Waals surface area contributed by atoms with Gasteiger partial charge in [-0.3, -0.25) is 9.59 Å². The van der Waals surface area contributed by atoms with Crippen molar-refractivity contribution < 1.29 is 19.1 Å². The zero-order valence-electron chi connectivity index (χ0n) is 11.9. The van der Waals surface area contributed by atoms with Crippen LogP contribution in [-0.4, -0.2) is 31.6 Å². The van der Waals surface area contributed by atoms with E-state index in [0.717, 1.165) is 25.4 Å². The van der Waals surface area contributed by atoms with Crippen molar-refractivity contribution in [2.24, 2.45) is 5.92 Å². The highest BCUT2D eigenvalue weighted by Crippen LogP contribution is 2.25. The maximum absolute atomic E-state index is 11.9. The van der Waals surface area contributed by atoms with Crippen LogP contribution < -0.4 is 9.64 Å². The highest BCUT2D eigenvalue weighted by molar-refractivity contribution is 6.30. The molecular weight excluding hydrogens is 270 g/mol. The SMILES string of the molecule is CC1=CC(=O)N(c2ccc(OCCC3COC3)cc2)C1=O. The van der Waals surface area contributed by atoms with Crippen molar-refractivity contribution in [3.8, 4) is 5.75 Å². The van der Waals surface area contributed by atoms with E-state index in [1.165, 1.54) is 11.0 Å². The molecule has 2 aliphatic rings. The molecule has 2 aliphatic heterocycles. The zero-order valence-corrected chi connectivity index (χ0v) is 11.9. The predicted octanol–water partition coefficient (Wildman–Crippen LogP) is 1.92. The number of carbonyl (C=O) groups excluding carboxylic acids is 2. The summed E-state index contributed by atoms with van der Waals surface area (Å²) in [5.74, 6) is 0.788. The summed E-state index contributed by atoms with van der Waals surface area (Å²) in [7, 11) is 0. The van der Waals surface area contributed by atoms with E-state index in [-0.39, 0.29) is 11.8 Å². The number of hydrogen-bond acceptors (Lipinski definition) is 4. The van der Waals surface area contributed by atoms with E-state index in [2.05, 4.69) is 0 Å². The van der Waals surface area contributed by atoms with Gasteiger partial charge in [0.2, 0.25) is 0 Å². The van der Waals surface area contributed by atoms with Crippen LogP contribution in [-0.2, 0) is 14.3 Å². The number of rotatable bonds is 5. The van der Waals surface area contributed by atoms with Gasteiger partial charge in [0.05, 0.1) is 25.5 Å². The summed E-state index contributed by atoms with van der Waals surface area (Å²) in [4.78, 5) is 24.8. The van der Waals surface area contributed by atoms with Gasteiger partial charge in [-0.15, -0.1) is 0 Å². The number of ether oxygens (including phenoxy) is 2. The average Bonchev–Trinajstić information content (AvgIpc) is 2.67. The number of hydrogen-bond donors (Lipinski definition) is 0. The van der Waals surface area contributed by atoms with Gasteiger partial charge in [-0.1, -0.05) is 0 Å². The van der Waals surface area contributed by atoms with Gasteiger partial charge in [-0.05, 0) is 37.6 Å². The minimum atomic E-state index is -0.295. The number of carbonyl (C=O) groups is 2. The summed E-state index contributed by atoms with van der Waals surface area (Å²) in [6.45, 7) is 3.94. The molecule has 0 radical (unpaired) electrons. The zero-order chi connectivity index (χ0) is 14.8. The van der Waals surface area contributed by atoms with Gasteiger partial charge in [0.1, 0.15) is 5.75 Å². The summed E-state index contributed by atoms with van der Waals surface area (Å²) >= 11 is 0. The van der Waals surface area contributed by atoms with Crippen molar-refractivity contribution in [3.63, 3.8) is 0 Å². The Labute approximate surface area is 123 Å². The summed E-state index contributed by atoms with van der Waals surface area (Å²) in [5, 5.41) is 0. The number of benzene rings is 1. The van der Waals surface area contributed by atoms with Gasteiger partial charge in [0, 0.05) is 17.6 Å². The lowest BCUT2D eigenvalue weighted by molar-refractivity contribution is -0.120. The quantitative estimate of drug-likeness (QED) is 0.776. The number of amides is 2. The van der Waals surface area contributed by atoms with Crippen LogP contribution >= 0.6 is 0 Å². The highest BCUT2D eigenvalue weighted by Gasteiger charge is 2.29. The van der Waals surface area contributed by atoms with Gasteiger partial charge in [-0.2, -0.15) is 0 Å². The fourth-order valence-corrected chi connectivity index (χ4v) is 2.32. The van der Waals surface area contributed by atoms with Gasteiger partial charge in [0.25, 0.3) is 11.8 Å². The second-order valence-electron chi connectivity index (χ2n) is 5.34. The van der Waals surface area contributed by atoms with Crippen LogP contribution in [0.25, 0.3) is 0 Å². The van der Waals surface area contributed by atoms with Gasteiger partial charge in [0.15, 0.2) is 0 Å². The third kappa shape index (κ3) is 2.83. The molecule has 0 bridgehead atoms. The van der Waals surface area contributed by atoms with Crippen LogP contribution in [0.5, 0.6) is 5.75 Å². The minimum absolute atomic E-state index is 0.265. The Morgan fingerprint density at radius 1 is 1.24 bits per heavy atom. The molecule has 0 unspecified atom stereocenters. The summed E-state index contributed by atoms with van der Waals surface area (Å²) in [6, 6.07) is 7.01. The Morgan fingerprint density at radius 2 is 1.95 bits per heavy atom. The lowest BCUT2D eigenvalue weighted by Gasteiger charge is -2.25. The first-order valence-electron chi connectivity index (χ1n) is 7.02.